The summed E-state index contributed by atoms with van der Waals surface area (Å²) in [6, 6.07) is 8.10. The number of carbonyl (C=O) groups is 1. The lowest BCUT2D eigenvalue weighted by Crippen LogP contribution is -2.46. The molecule has 1 aromatic carbocycles. The molecule has 0 bridgehead atoms. The maximum absolute atomic E-state index is 10.9. The van der Waals surface area contributed by atoms with Gasteiger partial charge in [0.15, 0.2) is 0 Å². The predicted molar refractivity (Wildman–Crippen MR) is 71.9 cm³/mol. The Labute approximate surface area is 107 Å². The Hall–Kier alpha value is -1.91. The molecular weight excluding hydrogens is 230 g/mol. The normalized spacial score (nSPS) is 14.7. The summed E-state index contributed by atoms with van der Waals surface area (Å²) in [5.74, 6) is 0. The van der Waals surface area contributed by atoms with Crippen LogP contribution >= 0.6 is 0 Å². The van der Waals surface area contributed by atoms with Crippen LogP contribution in [0.1, 0.15) is 13.8 Å². The van der Waals surface area contributed by atoms with Gasteiger partial charge in [-0.25, -0.2) is 4.79 Å². The Balaban J connectivity index is 2.14. The van der Waals surface area contributed by atoms with Crippen LogP contribution in [0.25, 0.3) is 0 Å². The fourth-order valence-corrected chi connectivity index (χ4v) is 2.27. The first kappa shape index (κ1) is 12.5. The van der Waals surface area contributed by atoms with Gasteiger partial charge < -0.3 is 20.7 Å². The highest BCUT2D eigenvalue weighted by atomic mass is 16.6. The summed E-state index contributed by atoms with van der Waals surface area (Å²) in [7, 11) is 0. The van der Waals surface area contributed by atoms with E-state index in [9.17, 15) is 4.79 Å². The number of primary amides is 1. The van der Waals surface area contributed by atoms with E-state index in [0.717, 1.165) is 24.5 Å². The molecule has 98 valence electrons. The van der Waals surface area contributed by atoms with Crippen molar-refractivity contribution in [3.8, 4) is 0 Å². The third-order valence-electron chi connectivity index (χ3n) is 2.89. The van der Waals surface area contributed by atoms with Gasteiger partial charge in [-0.3, -0.25) is 0 Å². The van der Waals surface area contributed by atoms with Crippen molar-refractivity contribution in [2.24, 2.45) is 5.73 Å². The van der Waals surface area contributed by atoms with Crippen LogP contribution in [0.4, 0.5) is 16.2 Å². The van der Waals surface area contributed by atoms with E-state index in [2.05, 4.69) is 16.3 Å². The number of rotatable bonds is 3. The minimum atomic E-state index is -0.733. The Morgan fingerprint density at radius 1 is 1.50 bits per heavy atom. The Morgan fingerprint density at radius 2 is 2.22 bits per heavy atom. The zero-order valence-electron chi connectivity index (χ0n) is 10.8. The van der Waals surface area contributed by atoms with Crippen LogP contribution in [-0.2, 0) is 4.74 Å². The van der Waals surface area contributed by atoms with Crippen molar-refractivity contribution >= 4 is 17.5 Å². The summed E-state index contributed by atoms with van der Waals surface area (Å²) < 4.78 is 5.13. The summed E-state index contributed by atoms with van der Waals surface area (Å²) in [5.41, 5.74) is 6.72. The lowest BCUT2D eigenvalue weighted by atomic mass is 10.1. The number of hydrogen-bond donors (Lipinski definition) is 2. The van der Waals surface area contributed by atoms with Crippen LogP contribution in [-0.4, -0.2) is 31.3 Å². The molecule has 2 rings (SSSR count). The number of anilines is 2. The average molecular weight is 249 g/mol. The van der Waals surface area contributed by atoms with Gasteiger partial charge in [-0.15, -0.1) is 0 Å². The number of fused-ring (bicyclic) bond motifs is 1. The van der Waals surface area contributed by atoms with E-state index in [1.165, 1.54) is 0 Å². The van der Waals surface area contributed by atoms with Gasteiger partial charge in [-0.05, 0) is 26.0 Å². The molecule has 5 nitrogen and oxygen atoms in total. The zero-order chi connectivity index (χ0) is 13.2. The number of ether oxygens (including phenoxy) is 1. The second-order valence-electron chi connectivity index (χ2n) is 5.05. The van der Waals surface area contributed by atoms with Crippen LogP contribution in [0.15, 0.2) is 24.3 Å². The Morgan fingerprint density at radius 3 is 2.94 bits per heavy atom. The molecule has 0 aromatic heterocycles. The molecule has 0 unspecified atom stereocenters. The number of amides is 1. The monoisotopic (exact) mass is 249 g/mol. The van der Waals surface area contributed by atoms with Gasteiger partial charge in [0.25, 0.3) is 0 Å². The maximum Gasteiger partial charge on any atom is 0.405 e. The van der Waals surface area contributed by atoms with Crippen molar-refractivity contribution in [2.45, 2.75) is 19.4 Å². The molecule has 0 saturated heterocycles. The molecule has 1 aromatic rings. The number of para-hydroxylation sites is 2. The second kappa shape index (κ2) is 4.76. The summed E-state index contributed by atoms with van der Waals surface area (Å²) >= 11 is 0. The molecule has 1 aliphatic heterocycles. The third-order valence-corrected chi connectivity index (χ3v) is 2.89. The summed E-state index contributed by atoms with van der Waals surface area (Å²) in [4.78, 5) is 13.1. The first-order valence-corrected chi connectivity index (χ1v) is 6.04. The second-order valence-corrected chi connectivity index (χ2v) is 5.05. The highest BCUT2D eigenvalue weighted by Crippen LogP contribution is 2.29. The van der Waals surface area contributed by atoms with Gasteiger partial charge in [-0.1, -0.05) is 12.1 Å². The van der Waals surface area contributed by atoms with Crippen molar-refractivity contribution < 1.29 is 9.53 Å². The highest BCUT2D eigenvalue weighted by Gasteiger charge is 2.27. The lowest BCUT2D eigenvalue weighted by Gasteiger charge is -2.37. The lowest BCUT2D eigenvalue weighted by molar-refractivity contribution is 0.0508. The minimum absolute atomic E-state index is 0.601. The minimum Gasteiger partial charge on any atom is -0.442 e. The molecule has 0 fully saturated rings. The topological polar surface area (TPSA) is 67.6 Å². The van der Waals surface area contributed by atoms with Crippen LogP contribution < -0.4 is 16.0 Å². The molecule has 0 radical (unpaired) electrons. The van der Waals surface area contributed by atoms with Crippen molar-refractivity contribution in [2.75, 3.05) is 29.9 Å². The number of benzene rings is 1. The van der Waals surface area contributed by atoms with Crippen LogP contribution in [0.2, 0.25) is 0 Å². The molecule has 0 aliphatic carbocycles. The first-order valence-electron chi connectivity index (χ1n) is 6.04. The predicted octanol–water partition coefficient (Wildman–Crippen LogP) is 1.79. The molecule has 0 spiro atoms. The van der Waals surface area contributed by atoms with Crippen molar-refractivity contribution in [3.63, 3.8) is 0 Å². The molecule has 5 heteroatoms. The molecular formula is C13H19N3O2. The van der Waals surface area contributed by atoms with Gasteiger partial charge in [0.05, 0.1) is 17.9 Å². The molecule has 0 saturated carbocycles. The average Bonchev–Trinajstić information content (AvgIpc) is 2.27. The van der Waals surface area contributed by atoms with E-state index in [0.29, 0.717) is 6.54 Å². The number of hydrogen-bond acceptors (Lipinski definition) is 4. The highest BCUT2D eigenvalue weighted by molar-refractivity contribution is 5.72. The van der Waals surface area contributed by atoms with E-state index in [-0.39, 0.29) is 0 Å². The van der Waals surface area contributed by atoms with Crippen molar-refractivity contribution in [1.82, 2.24) is 0 Å². The standard InChI is InChI=1S/C13H19N3O2/c1-13(2,18-12(14)17)9-16-8-7-15-10-5-3-4-6-11(10)16/h3-6,15H,7-9H2,1-2H3,(H2,14,17). The van der Waals surface area contributed by atoms with Crippen molar-refractivity contribution in [1.29, 1.82) is 0 Å². The number of nitrogens with one attached hydrogen (secondary N) is 1. The molecule has 0 atom stereocenters. The van der Waals surface area contributed by atoms with Gasteiger partial charge in [0.2, 0.25) is 0 Å². The maximum atomic E-state index is 10.9. The largest absolute Gasteiger partial charge is 0.442 e. The smallest absolute Gasteiger partial charge is 0.405 e. The molecule has 1 aliphatic rings. The fraction of sp³-hybridized carbons (Fsp3) is 0.462. The summed E-state index contributed by atoms with van der Waals surface area (Å²) in [6.07, 6.45) is -0.733. The van der Waals surface area contributed by atoms with Gasteiger partial charge >= 0.3 is 6.09 Å². The van der Waals surface area contributed by atoms with Gasteiger partial charge in [0, 0.05) is 13.1 Å². The number of carbonyl (C=O) groups excluding carboxylic acids is 1. The van der Waals surface area contributed by atoms with Gasteiger partial charge in [0.1, 0.15) is 5.60 Å². The SMILES string of the molecule is CC(C)(CN1CCNc2ccccc21)OC(N)=O. The zero-order valence-corrected chi connectivity index (χ0v) is 10.8. The van der Waals surface area contributed by atoms with E-state index in [1.54, 1.807) is 0 Å². The quantitative estimate of drug-likeness (QED) is 0.857. The van der Waals surface area contributed by atoms with E-state index in [4.69, 9.17) is 10.5 Å². The Bertz CT molecular complexity index is 446. The van der Waals surface area contributed by atoms with Crippen LogP contribution in [0, 0.1) is 0 Å². The van der Waals surface area contributed by atoms with Crippen LogP contribution in [0.3, 0.4) is 0 Å². The number of nitrogens with zero attached hydrogens (tertiary/aromatic N) is 1. The number of nitrogens with two attached hydrogens (primary N) is 1. The molecule has 18 heavy (non-hydrogen) atoms. The van der Waals surface area contributed by atoms with E-state index in [1.807, 2.05) is 32.0 Å². The summed E-state index contributed by atoms with van der Waals surface area (Å²) in [6.45, 7) is 6.10. The fourth-order valence-electron chi connectivity index (χ4n) is 2.27. The summed E-state index contributed by atoms with van der Waals surface area (Å²) in [5, 5.41) is 3.35. The van der Waals surface area contributed by atoms with Crippen LogP contribution in [0.5, 0.6) is 0 Å². The molecule has 3 N–H and O–H groups in total. The molecule has 1 amide bonds. The Kier molecular flexibility index (Phi) is 3.32. The first-order chi connectivity index (χ1) is 8.48. The van der Waals surface area contributed by atoms with E-state index >= 15 is 0 Å². The van der Waals surface area contributed by atoms with Gasteiger partial charge in [-0.2, -0.15) is 0 Å². The third kappa shape index (κ3) is 2.85. The molecule has 1 heterocycles. The van der Waals surface area contributed by atoms with Crippen molar-refractivity contribution in [3.05, 3.63) is 24.3 Å². The van der Waals surface area contributed by atoms with E-state index < -0.39 is 11.7 Å².